The lowest BCUT2D eigenvalue weighted by molar-refractivity contribution is -0.120. The Kier molecular flexibility index (Phi) is 4.97. The van der Waals surface area contributed by atoms with E-state index < -0.39 is 0 Å². The molecule has 27 heavy (non-hydrogen) atoms. The predicted molar refractivity (Wildman–Crippen MR) is 102 cm³/mol. The maximum Gasteiger partial charge on any atom is 0.229 e. The zero-order chi connectivity index (χ0) is 18.6. The summed E-state index contributed by atoms with van der Waals surface area (Å²) >= 11 is 5.80. The van der Waals surface area contributed by atoms with Crippen molar-refractivity contribution in [1.29, 1.82) is 0 Å². The quantitative estimate of drug-likeness (QED) is 0.718. The maximum atomic E-state index is 12.8. The monoisotopic (exact) mass is 383 g/mol. The molecule has 3 heterocycles. The summed E-state index contributed by atoms with van der Waals surface area (Å²) in [5.74, 6) is 1.28. The van der Waals surface area contributed by atoms with E-state index in [9.17, 15) is 4.79 Å². The van der Waals surface area contributed by atoms with Gasteiger partial charge in [-0.15, -0.1) is 10.2 Å². The number of benzene rings is 1. The third-order valence-corrected chi connectivity index (χ3v) is 4.75. The standard InChI is InChI=1S/C18H18ClN7O/c19-15-6-7-16(24-23-15)26-8-2-4-13(10-26)18(27)22-14-5-1-3-12(9-14)17-20-11-21-25-17/h1,3,5-7,9,11,13H,2,4,8,10H2,(H,22,27)(H,20,21,25). The normalized spacial score (nSPS) is 16.9. The van der Waals surface area contributed by atoms with Crippen LogP contribution in [0.1, 0.15) is 12.8 Å². The summed E-state index contributed by atoms with van der Waals surface area (Å²) in [4.78, 5) is 19.0. The second-order valence-electron chi connectivity index (χ2n) is 6.40. The van der Waals surface area contributed by atoms with Gasteiger partial charge in [0.25, 0.3) is 0 Å². The molecule has 1 aliphatic heterocycles. The molecule has 2 N–H and O–H groups in total. The predicted octanol–water partition coefficient (Wildman–Crippen LogP) is 2.77. The van der Waals surface area contributed by atoms with E-state index in [1.54, 1.807) is 6.07 Å². The van der Waals surface area contributed by atoms with Gasteiger partial charge in [-0.1, -0.05) is 23.7 Å². The van der Waals surface area contributed by atoms with Gasteiger partial charge in [-0.3, -0.25) is 9.89 Å². The molecule has 9 heteroatoms. The van der Waals surface area contributed by atoms with Crippen molar-refractivity contribution in [2.24, 2.45) is 5.92 Å². The van der Waals surface area contributed by atoms with Gasteiger partial charge in [0, 0.05) is 24.3 Å². The molecule has 2 aromatic heterocycles. The Labute approximate surface area is 161 Å². The van der Waals surface area contributed by atoms with E-state index in [2.05, 4.69) is 35.6 Å². The average molecular weight is 384 g/mol. The number of nitrogens with zero attached hydrogens (tertiary/aromatic N) is 5. The number of piperidine rings is 1. The number of anilines is 2. The molecule has 0 spiro atoms. The van der Waals surface area contributed by atoms with Crippen LogP contribution in [0.5, 0.6) is 0 Å². The molecule has 1 aromatic carbocycles. The van der Waals surface area contributed by atoms with Crippen molar-refractivity contribution in [2.45, 2.75) is 12.8 Å². The van der Waals surface area contributed by atoms with Crippen LogP contribution < -0.4 is 10.2 Å². The molecule has 0 radical (unpaired) electrons. The molecule has 1 amide bonds. The first-order valence-corrected chi connectivity index (χ1v) is 9.08. The molecule has 138 valence electrons. The number of carbonyl (C=O) groups excluding carboxylic acids is 1. The SMILES string of the molecule is O=C(Nc1cccc(-c2ncn[nH]2)c1)C1CCCN(c2ccc(Cl)nn2)C1. The lowest BCUT2D eigenvalue weighted by atomic mass is 9.97. The lowest BCUT2D eigenvalue weighted by Crippen LogP contribution is -2.41. The minimum Gasteiger partial charge on any atom is -0.354 e. The van der Waals surface area contributed by atoms with Crippen molar-refractivity contribution in [3.8, 4) is 11.4 Å². The van der Waals surface area contributed by atoms with Crippen LogP contribution >= 0.6 is 11.6 Å². The minimum absolute atomic E-state index is 0.00339. The second kappa shape index (κ2) is 7.71. The van der Waals surface area contributed by atoms with Crippen LogP contribution in [0.4, 0.5) is 11.5 Å². The fraction of sp³-hybridized carbons (Fsp3) is 0.278. The maximum absolute atomic E-state index is 12.8. The Bertz CT molecular complexity index is 914. The molecular weight excluding hydrogens is 366 g/mol. The fourth-order valence-corrected chi connectivity index (χ4v) is 3.31. The minimum atomic E-state index is -0.120. The third-order valence-electron chi connectivity index (χ3n) is 4.55. The number of hydrogen-bond donors (Lipinski definition) is 2. The fourth-order valence-electron chi connectivity index (χ4n) is 3.21. The average Bonchev–Trinajstić information content (AvgIpc) is 3.24. The molecular formula is C18H18ClN7O. The third kappa shape index (κ3) is 4.06. The zero-order valence-electron chi connectivity index (χ0n) is 14.5. The Balaban J connectivity index is 1.43. The van der Waals surface area contributed by atoms with Crippen LogP contribution in [-0.4, -0.2) is 44.4 Å². The Morgan fingerprint density at radius 3 is 2.96 bits per heavy atom. The van der Waals surface area contributed by atoms with Gasteiger partial charge in [-0.2, -0.15) is 5.10 Å². The summed E-state index contributed by atoms with van der Waals surface area (Å²) in [5, 5.41) is 18.0. The van der Waals surface area contributed by atoms with Gasteiger partial charge in [0.2, 0.25) is 5.91 Å². The number of hydrogen-bond acceptors (Lipinski definition) is 6. The molecule has 4 rings (SSSR count). The summed E-state index contributed by atoms with van der Waals surface area (Å²) < 4.78 is 0. The summed E-state index contributed by atoms with van der Waals surface area (Å²) in [6, 6.07) is 11.1. The van der Waals surface area contributed by atoms with Gasteiger partial charge < -0.3 is 10.2 Å². The van der Waals surface area contributed by atoms with Gasteiger partial charge in [0.1, 0.15) is 6.33 Å². The van der Waals surface area contributed by atoms with Crippen molar-refractivity contribution >= 4 is 29.0 Å². The van der Waals surface area contributed by atoms with E-state index in [0.717, 1.165) is 36.5 Å². The first-order valence-electron chi connectivity index (χ1n) is 8.70. The first kappa shape index (κ1) is 17.4. The molecule has 0 aliphatic carbocycles. The van der Waals surface area contributed by atoms with Gasteiger partial charge >= 0.3 is 0 Å². The number of aromatic amines is 1. The van der Waals surface area contributed by atoms with Gasteiger partial charge in [0.15, 0.2) is 16.8 Å². The van der Waals surface area contributed by atoms with E-state index >= 15 is 0 Å². The second-order valence-corrected chi connectivity index (χ2v) is 6.79. The molecule has 8 nitrogen and oxygen atoms in total. The van der Waals surface area contributed by atoms with Crippen LogP contribution in [0.25, 0.3) is 11.4 Å². The Morgan fingerprint density at radius 2 is 2.19 bits per heavy atom. The zero-order valence-corrected chi connectivity index (χ0v) is 15.2. The number of H-pyrrole nitrogens is 1. The van der Waals surface area contributed by atoms with Crippen molar-refractivity contribution in [3.05, 3.63) is 47.9 Å². The van der Waals surface area contributed by atoms with Gasteiger partial charge in [0.05, 0.1) is 5.92 Å². The largest absolute Gasteiger partial charge is 0.354 e. The number of aromatic nitrogens is 5. The van der Waals surface area contributed by atoms with E-state index in [4.69, 9.17) is 11.6 Å². The van der Waals surface area contributed by atoms with Crippen molar-refractivity contribution in [1.82, 2.24) is 25.4 Å². The number of amides is 1. The molecule has 1 aliphatic rings. The van der Waals surface area contributed by atoms with Crippen LogP contribution in [0.3, 0.4) is 0 Å². The van der Waals surface area contributed by atoms with Crippen molar-refractivity contribution in [2.75, 3.05) is 23.3 Å². The van der Waals surface area contributed by atoms with Crippen LogP contribution in [0.15, 0.2) is 42.7 Å². The van der Waals surface area contributed by atoms with Gasteiger partial charge in [-0.25, -0.2) is 4.98 Å². The van der Waals surface area contributed by atoms with Crippen molar-refractivity contribution < 1.29 is 4.79 Å². The summed E-state index contributed by atoms with van der Waals surface area (Å²) in [6.45, 7) is 1.45. The van der Waals surface area contributed by atoms with E-state index in [-0.39, 0.29) is 11.8 Å². The summed E-state index contributed by atoms with van der Waals surface area (Å²) in [5.41, 5.74) is 1.60. The summed E-state index contributed by atoms with van der Waals surface area (Å²) in [7, 11) is 0. The van der Waals surface area contributed by atoms with Crippen molar-refractivity contribution in [3.63, 3.8) is 0 Å². The topological polar surface area (TPSA) is 99.7 Å². The lowest BCUT2D eigenvalue weighted by Gasteiger charge is -2.32. The molecule has 0 bridgehead atoms. The molecule has 1 unspecified atom stereocenters. The molecule has 3 aromatic rings. The number of halogens is 1. The van der Waals surface area contributed by atoms with E-state index in [1.165, 1.54) is 6.33 Å². The smallest absolute Gasteiger partial charge is 0.229 e. The molecule has 1 saturated heterocycles. The highest BCUT2D eigenvalue weighted by atomic mass is 35.5. The Morgan fingerprint density at radius 1 is 1.26 bits per heavy atom. The van der Waals surface area contributed by atoms with E-state index in [0.29, 0.717) is 17.5 Å². The molecule has 0 saturated carbocycles. The van der Waals surface area contributed by atoms with Crippen LogP contribution in [-0.2, 0) is 4.79 Å². The molecule has 1 fully saturated rings. The summed E-state index contributed by atoms with van der Waals surface area (Å²) in [6.07, 6.45) is 3.21. The highest BCUT2D eigenvalue weighted by Gasteiger charge is 2.27. The number of rotatable bonds is 4. The Hall–Kier alpha value is -3.00. The van der Waals surface area contributed by atoms with E-state index in [1.807, 2.05) is 30.3 Å². The first-order chi connectivity index (χ1) is 13.2. The number of carbonyl (C=O) groups is 1. The highest BCUT2D eigenvalue weighted by molar-refractivity contribution is 6.29. The van der Waals surface area contributed by atoms with Crippen LogP contribution in [0.2, 0.25) is 5.15 Å². The van der Waals surface area contributed by atoms with Crippen LogP contribution in [0, 0.1) is 5.92 Å². The van der Waals surface area contributed by atoms with Gasteiger partial charge in [-0.05, 0) is 37.1 Å². The number of nitrogens with one attached hydrogen (secondary N) is 2. The highest BCUT2D eigenvalue weighted by Crippen LogP contribution is 2.24. The molecule has 1 atom stereocenters.